The third-order valence-electron chi connectivity index (χ3n) is 5.82. The predicted molar refractivity (Wildman–Crippen MR) is 133 cm³/mol. The van der Waals surface area contributed by atoms with Crippen LogP contribution in [0.5, 0.6) is 0 Å². The van der Waals surface area contributed by atoms with E-state index in [0.29, 0.717) is 37.3 Å². The lowest BCUT2D eigenvalue weighted by Gasteiger charge is -2.47. The molecule has 0 saturated heterocycles. The molecule has 1 N–H and O–H groups in total. The first-order valence-corrected chi connectivity index (χ1v) is 13.0. The van der Waals surface area contributed by atoms with Crippen LogP contribution in [0.3, 0.4) is 0 Å². The summed E-state index contributed by atoms with van der Waals surface area (Å²) >= 11 is 1.37. The van der Waals surface area contributed by atoms with Gasteiger partial charge in [0.15, 0.2) is 0 Å². The Balaban J connectivity index is 2.29. The largest absolute Gasteiger partial charge is 0.449 e. The molecule has 2 amide bonds. The zero-order chi connectivity index (χ0) is 25.8. The second-order valence-electron chi connectivity index (χ2n) is 9.35. The summed E-state index contributed by atoms with van der Waals surface area (Å²) in [5.74, 6) is 2.66. The van der Waals surface area contributed by atoms with Gasteiger partial charge in [-0.3, -0.25) is 14.9 Å². The van der Waals surface area contributed by atoms with Gasteiger partial charge in [0.25, 0.3) is 11.1 Å². The molecule has 1 aromatic rings. The monoisotopic (exact) mass is 507 g/mol. The van der Waals surface area contributed by atoms with E-state index in [1.165, 1.54) is 16.7 Å². The maximum Gasteiger partial charge on any atom is 0.409 e. The van der Waals surface area contributed by atoms with Gasteiger partial charge in [-0.15, -0.1) is 22.5 Å². The highest BCUT2D eigenvalue weighted by atomic mass is 32.2. The number of carbonyl (C=O) groups is 3. The number of carbonyl (C=O) groups excluding carboxylic acids is 3. The summed E-state index contributed by atoms with van der Waals surface area (Å²) in [6.07, 6.45) is 9.45. The fraction of sp³-hybridized carbons (Fsp3) is 0.708. The third-order valence-corrected chi connectivity index (χ3v) is 6.62. The maximum atomic E-state index is 13.6. The summed E-state index contributed by atoms with van der Waals surface area (Å²) < 4.78 is 10.9. The number of hydrogen-bond acceptors (Lipinski definition) is 9. The van der Waals surface area contributed by atoms with Gasteiger partial charge in [-0.25, -0.2) is 4.79 Å². The number of nitrogens with zero attached hydrogens (tertiary/aromatic N) is 4. The minimum Gasteiger partial charge on any atom is -0.449 e. The van der Waals surface area contributed by atoms with E-state index in [0.717, 1.165) is 31.6 Å². The number of ether oxygens (including phenoxy) is 1. The van der Waals surface area contributed by atoms with Crippen molar-refractivity contribution < 1.29 is 23.5 Å². The molecule has 35 heavy (non-hydrogen) atoms. The predicted octanol–water partition coefficient (Wildman–Crippen LogP) is 3.19. The van der Waals surface area contributed by atoms with Crippen molar-refractivity contribution in [3.8, 4) is 12.3 Å². The minimum absolute atomic E-state index is 0.0735. The number of terminal acetylenes is 1. The van der Waals surface area contributed by atoms with Crippen molar-refractivity contribution in [3.05, 3.63) is 5.89 Å². The van der Waals surface area contributed by atoms with Gasteiger partial charge in [0, 0.05) is 18.7 Å². The third kappa shape index (κ3) is 8.54. The first-order valence-electron chi connectivity index (χ1n) is 12.0. The molecule has 1 atom stereocenters. The maximum absolute atomic E-state index is 13.6. The molecule has 0 aliphatic heterocycles. The van der Waals surface area contributed by atoms with E-state index in [1.807, 2.05) is 32.8 Å². The molecule has 1 heterocycles. The first kappa shape index (κ1) is 28.7. The lowest BCUT2D eigenvalue weighted by molar-refractivity contribution is -0.130. The molecule has 1 saturated carbocycles. The van der Waals surface area contributed by atoms with E-state index >= 15 is 0 Å². The van der Waals surface area contributed by atoms with Crippen molar-refractivity contribution in [2.75, 3.05) is 33.0 Å². The standard InChI is InChI=1S/C24H37N5O5S/c1-6-7-14-33-22(32)25-24(11-9-8-10-12-24)29(17-30)19(16-18(2)3)20(31)21-26-27-23(34-21)35-15-13-28(4)5/h1,17-19H,7-16H2,2-5H3,(H,25,32). The summed E-state index contributed by atoms with van der Waals surface area (Å²) in [6, 6.07) is -0.878. The number of thioether (sulfide) groups is 1. The Morgan fingerprint density at radius 3 is 2.60 bits per heavy atom. The van der Waals surface area contributed by atoms with Crippen LogP contribution in [-0.4, -0.2) is 83.0 Å². The van der Waals surface area contributed by atoms with Crippen LogP contribution in [0, 0.1) is 18.3 Å². The number of rotatable bonds is 14. The molecule has 0 bridgehead atoms. The van der Waals surface area contributed by atoms with Gasteiger partial charge >= 0.3 is 6.09 Å². The van der Waals surface area contributed by atoms with Crippen molar-refractivity contribution in [2.45, 2.75) is 75.7 Å². The molecule has 0 aromatic carbocycles. The molecule has 1 aliphatic carbocycles. The molecule has 1 fully saturated rings. The average Bonchev–Trinajstić information content (AvgIpc) is 3.27. The second-order valence-corrected chi connectivity index (χ2v) is 10.4. The van der Waals surface area contributed by atoms with Crippen LogP contribution >= 0.6 is 11.8 Å². The molecule has 194 valence electrons. The van der Waals surface area contributed by atoms with E-state index in [9.17, 15) is 14.4 Å². The Morgan fingerprint density at radius 2 is 2.00 bits per heavy atom. The quantitative estimate of drug-likeness (QED) is 0.101. The normalized spacial score (nSPS) is 15.9. The number of alkyl carbamates (subject to hydrolysis) is 1. The molecule has 11 heteroatoms. The molecule has 1 aromatic heterocycles. The van der Waals surface area contributed by atoms with Gasteiger partial charge in [-0.2, -0.15) is 0 Å². The highest BCUT2D eigenvalue weighted by Crippen LogP contribution is 2.34. The average molecular weight is 508 g/mol. The van der Waals surface area contributed by atoms with Gasteiger partial charge in [-0.1, -0.05) is 32.0 Å². The van der Waals surface area contributed by atoms with Crippen molar-refractivity contribution in [1.29, 1.82) is 0 Å². The number of Topliss-reactive ketones (excluding diaryl/α,β-unsaturated/α-hetero) is 1. The molecule has 10 nitrogen and oxygen atoms in total. The van der Waals surface area contributed by atoms with Crippen LogP contribution in [0.15, 0.2) is 9.64 Å². The van der Waals surface area contributed by atoms with Gasteiger partial charge in [-0.05, 0) is 52.1 Å². The highest BCUT2D eigenvalue weighted by molar-refractivity contribution is 7.99. The van der Waals surface area contributed by atoms with Gasteiger partial charge < -0.3 is 19.0 Å². The number of hydrogen-bond donors (Lipinski definition) is 1. The molecule has 0 radical (unpaired) electrons. The highest BCUT2D eigenvalue weighted by Gasteiger charge is 2.45. The van der Waals surface area contributed by atoms with E-state index in [1.54, 1.807) is 0 Å². The van der Waals surface area contributed by atoms with Crippen molar-refractivity contribution in [1.82, 2.24) is 25.3 Å². The zero-order valence-corrected chi connectivity index (χ0v) is 21.9. The fourth-order valence-corrected chi connectivity index (χ4v) is 4.97. The Labute approximate surface area is 211 Å². The minimum atomic E-state index is -1.05. The van der Waals surface area contributed by atoms with Gasteiger partial charge in [0.05, 0.1) is 0 Å². The Morgan fingerprint density at radius 1 is 1.29 bits per heavy atom. The number of amides is 2. The summed E-state index contributed by atoms with van der Waals surface area (Å²) in [7, 11) is 3.93. The van der Waals surface area contributed by atoms with Crippen LogP contribution < -0.4 is 5.32 Å². The number of ketones is 1. The molecular weight excluding hydrogens is 470 g/mol. The Kier molecular flexibility index (Phi) is 11.5. The van der Waals surface area contributed by atoms with Crippen molar-refractivity contribution in [3.63, 3.8) is 0 Å². The zero-order valence-electron chi connectivity index (χ0n) is 21.1. The lowest BCUT2D eigenvalue weighted by atomic mass is 9.85. The molecule has 1 unspecified atom stereocenters. The summed E-state index contributed by atoms with van der Waals surface area (Å²) in [5, 5.41) is 11.1. The molecule has 1 aliphatic rings. The van der Waals surface area contributed by atoms with Crippen molar-refractivity contribution >= 4 is 30.0 Å². The fourth-order valence-electron chi connectivity index (χ4n) is 4.10. The van der Waals surface area contributed by atoms with Crippen molar-refractivity contribution in [2.24, 2.45) is 5.92 Å². The second kappa shape index (κ2) is 14.1. The SMILES string of the molecule is C#CCCOC(=O)NC1(N(C=O)C(CC(C)C)C(=O)c2nnc(SCCN(C)C)o2)CCCCC1. The van der Waals surface area contributed by atoms with Gasteiger partial charge in [0.1, 0.15) is 18.3 Å². The smallest absolute Gasteiger partial charge is 0.409 e. The number of aromatic nitrogens is 2. The lowest BCUT2D eigenvalue weighted by Crippen LogP contribution is -2.65. The molecule has 2 rings (SSSR count). The van der Waals surface area contributed by atoms with E-state index in [4.69, 9.17) is 15.6 Å². The van der Waals surface area contributed by atoms with Crippen LogP contribution in [0.4, 0.5) is 4.79 Å². The number of nitrogens with one attached hydrogen (secondary N) is 1. The van der Waals surface area contributed by atoms with Gasteiger partial charge in [0.2, 0.25) is 12.2 Å². The summed E-state index contributed by atoms with van der Waals surface area (Å²) in [5.41, 5.74) is -1.05. The molecular formula is C24H37N5O5S. The van der Waals surface area contributed by atoms with Crippen LogP contribution in [-0.2, 0) is 9.53 Å². The van der Waals surface area contributed by atoms with Crippen LogP contribution in [0.25, 0.3) is 0 Å². The van der Waals surface area contributed by atoms with E-state index < -0.39 is 23.6 Å². The van der Waals surface area contributed by atoms with Crippen LogP contribution in [0.2, 0.25) is 0 Å². The van der Waals surface area contributed by atoms with E-state index in [2.05, 4.69) is 21.4 Å². The van der Waals surface area contributed by atoms with E-state index in [-0.39, 0.29) is 18.4 Å². The Hall–Kier alpha value is -2.58. The van der Waals surface area contributed by atoms with Crippen LogP contribution in [0.1, 0.15) is 69.5 Å². The Bertz CT molecular complexity index is 876. The summed E-state index contributed by atoms with van der Waals surface area (Å²) in [4.78, 5) is 42.1. The topological polar surface area (TPSA) is 118 Å². The summed E-state index contributed by atoms with van der Waals surface area (Å²) in [6.45, 7) is 4.82. The molecule has 0 spiro atoms. The first-order chi connectivity index (χ1) is 16.7.